The second-order valence-electron chi connectivity index (χ2n) is 7.93. The molecule has 1 aliphatic heterocycles. The second-order valence-corrected chi connectivity index (χ2v) is 10.0. The number of hydrogen-bond donors (Lipinski definition) is 2. The van der Waals surface area contributed by atoms with Crippen LogP contribution in [0.25, 0.3) is 0 Å². The lowest BCUT2D eigenvalue weighted by atomic mass is 10.1. The molecular formula is C21H30F3N3O6S. The highest BCUT2D eigenvalue weighted by Gasteiger charge is 2.38. The maximum atomic E-state index is 13.1. The van der Waals surface area contributed by atoms with Crippen LogP contribution >= 0.6 is 0 Å². The summed E-state index contributed by atoms with van der Waals surface area (Å²) in [5.74, 6) is -2.18. The van der Waals surface area contributed by atoms with Crippen LogP contribution < -0.4 is 10.1 Å². The van der Waals surface area contributed by atoms with Crippen LogP contribution in [-0.2, 0) is 14.8 Å². The second kappa shape index (κ2) is 12.4. The van der Waals surface area contributed by atoms with Crippen molar-refractivity contribution in [3.63, 3.8) is 0 Å². The fourth-order valence-electron chi connectivity index (χ4n) is 3.83. The largest absolute Gasteiger partial charge is 0.497 e. The van der Waals surface area contributed by atoms with Gasteiger partial charge in [-0.1, -0.05) is 12.8 Å². The fraction of sp³-hybridized carbons (Fsp3) is 0.619. The van der Waals surface area contributed by atoms with Gasteiger partial charge in [-0.15, -0.1) is 0 Å². The van der Waals surface area contributed by atoms with Crippen LogP contribution in [0.1, 0.15) is 36.0 Å². The van der Waals surface area contributed by atoms with E-state index in [1.54, 1.807) is 36.3 Å². The smallest absolute Gasteiger partial charge is 0.490 e. The molecule has 0 bridgehead atoms. The monoisotopic (exact) mass is 509 g/mol. The molecule has 3 rings (SSSR count). The van der Waals surface area contributed by atoms with Crippen molar-refractivity contribution in [3.8, 4) is 5.75 Å². The predicted molar refractivity (Wildman–Crippen MR) is 118 cm³/mol. The molecule has 2 N–H and O–H groups in total. The van der Waals surface area contributed by atoms with Crippen molar-refractivity contribution in [2.24, 2.45) is 0 Å². The molecule has 13 heteroatoms. The van der Waals surface area contributed by atoms with Crippen LogP contribution in [0.5, 0.6) is 5.75 Å². The number of nitrogens with zero attached hydrogens (tertiary/aromatic N) is 2. The van der Waals surface area contributed by atoms with E-state index in [1.165, 1.54) is 4.31 Å². The van der Waals surface area contributed by atoms with Gasteiger partial charge in [0, 0.05) is 44.3 Å². The normalized spacial score (nSPS) is 17.5. The zero-order chi connectivity index (χ0) is 25.4. The molecule has 0 unspecified atom stereocenters. The average molecular weight is 510 g/mol. The van der Waals surface area contributed by atoms with Crippen LogP contribution in [0.4, 0.5) is 13.2 Å². The number of carboxylic acids is 1. The number of carbonyl (C=O) groups excluding carboxylic acids is 1. The first-order valence-electron chi connectivity index (χ1n) is 10.9. The molecule has 1 saturated heterocycles. The van der Waals surface area contributed by atoms with E-state index in [0.29, 0.717) is 37.5 Å². The summed E-state index contributed by atoms with van der Waals surface area (Å²) in [6.45, 7) is 2.59. The van der Waals surface area contributed by atoms with Crippen molar-refractivity contribution in [1.82, 2.24) is 14.5 Å². The molecule has 1 amide bonds. The van der Waals surface area contributed by atoms with E-state index in [1.807, 2.05) is 0 Å². The van der Waals surface area contributed by atoms with Gasteiger partial charge in [0.15, 0.2) is 0 Å². The van der Waals surface area contributed by atoms with E-state index in [2.05, 4.69) is 5.32 Å². The number of ether oxygens (including phenoxy) is 1. The first-order chi connectivity index (χ1) is 16.0. The quantitative estimate of drug-likeness (QED) is 0.577. The Kier molecular flexibility index (Phi) is 10.1. The zero-order valence-corrected chi connectivity index (χ0v) is 19.7. The number of alkyl halides is 3. The third-order valence-corrected chi connectivity index (χ3v) is 7.52. The number of amides is 1. The third-order valence-electron chi connectivity index (χ3n) is 5.67. The molecule has 1 heterocycles. The topological polar surface area (TPSA) is 116 Å². The van der Waals surface area contributed by atoms with Gasteiger partial charge in [-0.2, -0.15) is 17.5 Å². The van der Waals surface area contributed by atoms with E-state index in [-0.39, 0.29) is 24.2 Å². The Hall–Kier alpha value is -2.38. The number of piperazine rings is 1. The highest BCUT2D eigenvalue weighted by Crippen LogP contribution is 2.25. The van der Waals surface area contributed by atoms with Crippen LogP contribution in [0.3, 0.4) is 0 Å². The first-order valence-corrected chi connectivity index (χ1v) is 12.5. The van der Waals surface area contributed by atoms with E-state index in [4.69, 9.17) is 14.6 Å². The maximum absolute atomic E-state index is 13.1. The summed E-state index contributed by atoms with van der Waals surface area (Å²) < 4.78 is 63.8. The average Bonchev–Trinajstić information content (AvgIpc) is 3.34. The standard InChI is InChI=1S/C19H29N3O4S.C2HF3O2/c1-26-18-8-6-16(7-9-18)19(23)22(17-4-2-3-5-17)14-15-27(24,25)21-12-10-20-11-13-21;3-2(4,5)1(6)7/h6-9,17,20H,2-5,10-15H2,1H3;(H,6,7). The van der Waals surface area contributed by atoms with Gasteiger partial charge in [-0.05, 0) is 37.1 Å². The summed E-state index contributed by atoms with van der Waals surface area (Å²) in [6.07, 6.45) is -1.03. The molecule has 9 nitrogen and oxygen atoms in total. The van der Waals surface area contributed by atoms with Gasteiger partial charge in [0.25, 0.3) is 5.91 Å². The molecule has 2 aliphatic rings. The van der Waals surface area contributed by atoms with E-state index < -0.39 is 22.2 Å². The number of carbonyl (C=O) groups is 2. The number of halogens is 3. The zero-order valence-electron chi connectivity index (χ0n) is 18.9. The highest BCUT2D eigenvalue weighted by molar-refractivity contribution is 7.89. The SMILES string of the molecule is COc1ccc(C(=O)N(CCS(=O)(=O)N2CCNCC2)C2CCCC2)cc1.O=C(O)C(F)(F)F. The lowest BCUT2D eigenvalue weighted by molar-refractivity contribution is -0.192. The van der Waals surface area contributed by atoms with Crippen LogP contribution in [0, 0.1) is 0 Å². The molecule has 0 atom stereocenters. The van der Waals surface area contributed by atoms with E-state index in [0.717, 1.165) is 25.7 Å². The van der Waals surface area contributed by atoms with Crippen molar-refractivity contribution in [2.45, 2.75) is 37.9 Å². The summed E-state index contributed by atoms with van der Waals surface area (Å²) >= 11 is 0. The minimum atomic E-state index is -5.08. The van der Waals surface area contributed by atoms with Crippen LogP contribution in [0.15, 0.2) is 24.3 Å². The lowest BCUT2D eigenvalue weighted by Gasteiger charge is -2.31. The molecule has 0 aromatic heterocycles. The maximum Gasteiger partial charge on any atom is 0.490 e. The van der Waals surface area contributed by atoms with Crippen molar-refractivity contribution in [2.75, 3.05) is 45.6 Å². The van der Waals surface area contributed by atoms with Crippen molar-refractivity contribution in [1.29, 1.82) is 0 Å². The Morgan fingerprint density at radius 1 is 1.15 bits per heavy atom. The highest BCUT2D eigenvalue weighted by atomic mass is 32.2. The number of sulfonamides is 1. The summed E-state index contributed by atoms with van der Waals surface area (Å²) in [7, 11) is -1.77. The molecule has 34 heavy (non-hydrogen) atoms. The number of nitrogens with one attached hydrogen (secondary N) is 1. The molecule has 1 aromatic carbocycles. The van der Waals surface area contributed by atoms with Crippen LogP contribution in [0.2, 0.25) is 0 Å². The minimum absolute atomic E-state index is 0.0224. The number of carboxylic acid groups (broad SMARTS) is 1. The molecule has 1 aromatic rings. The van der Waals surface area contributed by atoms with Gasteiger partial charge in [0.1, 0.15) is 5.75 Å². The molecular weight excluding hydrogens is 479 g/mol. The van der Waals surface area contributed by atoms with Gasteiger partial charge in [0.05, 0.1) is 12.9 Å². The minimum Gasteiger partial charge on any atom is -0.497 e. The van der Waals surface area contributed by atoms with Gasteiger partial charge < -0.3 is 20.1 Å². The Bertz CT molecular complexity index is 913. The van der Waals surface area contributed by atoms with Crippen molar-refractivity contribution >= 4 is 21.9 Å². The van der Waals surface area contributed by atoms with Gasteiger partial charge in [0.2, 0.25) is 10.0 Å². The van der Waals surface area contributed by atoms with Gasteiger partial charge in [-0.3, -0.25) is 4.79 Å². The Labute approximate surface area is 196 Å². The van der Waals surface area contributed by atoms with E-state index >= 15 is 0 Å². The summed E-state index contributed by atoms with van der Waals surface area (Å²) in [6, 6.07) is 7.13. The third kappa shape index (κ3) is 8.13. The van der Waals surface area contributed by atoms with Crippen molar-refractivity contribution < 1.29 is 41.0 Å². The number of hydrogen-bond acceptors (Lipinski definition) is 6. The van der Waals surface area contributed by atoms with Crippen LogP contribution in [-0.4, -0.2) is 92.4 Å². The summed E-state index contributed by atoms with van der Waals surface area (Å²) in [5, 5.41) is 10.3. The van der Waals surface area contributed by atoms with E-state index in [9.17, 15) is 26.4 Å². The Morgan fingerprint density at radius 3 is 2.15 bits per heavy atom. The molecule has 2 fully saturated rings. The molecule has 192 valence electrons. The number of methoxy groups -OCH3 is 1. The predicted octanol–water partition coefficient (Wildman–Crippen LogP) is 1.95. The molecule has 1 saturated carbocycles. The summed E-state index contributed by atoms with van der Waals surface area (Å²) in [5.41, 5.74) is 0.572. The molecule has 1 aliphatic carbocycles. The Balaban J connectivity index is 0.000000509. The van der Waals surface area contributed by atoms with Crippen molar-refractivity contribution in [3.05, 3.63) is 29.8 Å². The molecule has 0 spiro atoms. The fourth-order valence-corrected chi connectivity index (χ4v) is 5.26. The number of benzene rings is 1. The summed E-state index contributed by atoms with van der Waals surface area (Å²) in [4.78, 5) is 23.8. The Morgan fingerprint density at radius 2 is 1.68 bits per heavy atom. The lowest BCUT2D eigenvalue weighted by Crippen LogP contribution is -2.49. The number of aliphatic carboxylic acids is 1. The number of rotatable bonds is 7. The van der Waals surface area contributed by atoms with Gasteiger partial charge >= 0.3 is 12.1 Å². The van der Waals surface area contributed by atoms with Gasteiger partial charge in [-0.25, -0.2) is 13.2 Å². The first kappa shape index (κ1) is 27.9. The molecule has 0 radical (unpaired) electrons.